The lowest BCUT2D eigenvalue weighted by Gasteiger charge is -2.38. The molecule has 2 rings (SSSR count). The molecule has 118 valence electrons. The first kappa shape index (κ1) is 16.3. The molecule has 1 saturated heterocycles. The fraction of sp³-hybridized carbons (Fsp3) is 0.600. The lowest BCUT2D eigenvalue weighted by atomic mass is 10.2. The summed E-state index contributed by atoms with van der Waals surface area (Å²) in [5.41, 5.74) is 0.708. The highest BCUT2D eigenvalue weighted by molar-refractivity contribution is 7.91. The number of anilines is 1. The largest absolute Gasteiger partial charge is 0.394 e. The predicted octanol–water partition coefficient (Wildman–Crippen LogP) is 1.46. The van der Waals surface area contributed by atoms with Crippen molar-refractivity contribution in [3.8, 4) is 0 Å². The van der Waals surface area contributed by atoms with E-state index in [9.17, 15) is 13.5 Å². The van der Waals surface area contributed by atoms with Gasteiger partial charge in [0.15, 0.2) is 9.84 Å². The number of morpholine rings is 1. The third-order valence-corrected chi connectivity index (χ3v) is 5.50. The third kappa shape index (κ3) is 3.75. The van der Waals surface area contributed by atoms with E-state index in [1.165, 1.54) is 0 Å². The van der Waals surface area contributed by atoms with Crippen molar-refractivity contribution in [3.63, 3.8) is 0 Å². The van der Waals surface area contributed by atoms with Gasteiger partial charge >= 0.3 is 0 Å². The number of sulfone groups is 1. The molecule has 1 aliphatic rings. The molecule has 2 unspecified atom stereocenters. The van der Waals surface area contributed by atoms with Crippen LogP contribution in [0.25, 0.3) is 0 Å². The van der Waals surface area contributed by atoms with E-state index in [1.807, 2.05) is 30.9 Å². The Morgan fingerprint density at radius 3 is 2.71 bits per heavy atom. The summed E-state index contributed by atoms with van der Waals surface area (Å²) in [6.07, 6.45) is 0.267. The van der Waals surface area contributed by atoms with Crippen molar-refractivity contribution in [3.05, 3.63) is 24.3 Å². The summed E-state index contributed by atoms with van der Waals surface area (Å²) < 4.78 is 30.5. The first-order valence-corrected chi connectivity index (χ1v) is 8.96. The predicted molar refractivity (Wildman–Crippen MR) is 82.4 cm³/mol. The van der Waals surface area contributed by atoms with Crippen LogP contribution in [0.15, 0.2) is 29.2 Å². The number of aliphatic hydroxyl groups excluding tert-OH is 1. The van der Waals surface area contributed by atoms with Crippen molar-refractivity contribution in [2.75, 3.05) is 30.3 Å². The Bertz CT molecular complexity index is 573. The van der Waals surface area contributed by atoms with Gasteiger partial charge in [0.2, 0.25) is 0 Å². The average Bonchev–Trinajstić information content (AvgIpc) is 2.46. The van der Waals surface area contributed by atoms with Crippen molar-refractivity contribution < 1.29 is 18.3 Å². The number of hydrogen-bond donors (Lipinski definition) is 1. The molecule has 6 heteroatoms. The fourth-order valence-corrected chi connectivity index (χ4v) is 4.26. The van der Waals surface area contributed by atoms with Crippen LogP contribution in [0.2, 0.25) is 0 Å². The number of aliphatic hydroxyl groups is 1. The van der Waals surface area contributed by atoms with Crippen LogP contribution in [0.3, 0.4) is 0 Å². The van der Waals surface area contributed by atoms with Crippen LogP contribution in [0.5, 0.6) is 0 Å². The van der Waals surface area contributed by atoms with Gasteiger partial charge in [-0.25, -0.2) is 8.42 Å². The Balaban J connectivity index is 2.36. The molecule has 1 N–H and O–H groups in total. The van der Waals surface area contributed by atoms with Crippen molar-refractivity contribution in [2.24, 2.45) is 0 Å². The van der Waals surface area contributed by atoms with E-state index in [2.05, 4.69) is 0 Å². The summed E-state index contributed by atoms with van der Waals surface area (Å²) in [6.45, 7) is 4.84. The van der Waals surface area contributed by atoms with Gasteiger partial charge in [-0.15, -0.1) is 0 Å². The molecule has 0 amide bonds. The average molecular weight is 313 g/mol. The molecule has 1 aromatic rings. The van der Waals surface area contributed by atoms with Crippen LogP contribution in [-0.4, -0.2) is 51.2 Å². The molecule has 1 aromatic carbocycles. The molecule has 2 atom stereocenters. The monoisotopic (exact) mass is 313 g/mol. The van der Waals surface area contributed by atoms with Crippen LogP contribution in [0.4, 0.5) is 5.69 Å². The SMILES string of the molecule is CCCS(=O)(=O)c1ccccc1N1CC(C)OC(CO)C1. The molecule has 5 nitrogen and oxygen atoms in total. The molecular formula is C15H23NO4S. The van der Waals surface area contributed by atoms with E-state index < -0.39 is 9.84 Å². The first-order valence-electron chi connectivity index (χ1n) is 7.31. The van der Waals surface area contributed by atoms with Gasteiger partial charge in [-0.3, -0.25) is 0 Å². The Kier molecular flexibility index (Phi) is 5.24. The molecule has 0 aromatic heterocycles. The van der Waals surface area contributed by atoms with Crippen LogP contribution in [-0.2, 0) is 14.6 Å². The normalized spacial score (nSPS) is 23.3. The summed E-state index contributed by atoms with van der Waals surface area (Å²) in [7, 11) is -3.28. The fourth-order valence-electron chi connectivity index (χ4n) is 2.70. The standard InChI is InChI=1S/C15H23NO4S/c1-3-8-21(18,19)15-7-5-4-6-14(15)16-9-12(2)20-13(10-16)11-17/h4-7,12-13,17H,3,8-11H2,1-2H3. The van der Waals surface area contributed by atoms with Gasteiger partial charge in [-0.1, -0.05) is 19.1 Å². The van der Waals surface area contributed by atoms with Gasteiger partial charge in [-0.05, 0) is 25.5 Å². The number of benzene rings is 1. The Hall–Kier alpha value is -1.11. The zero-order chi connectivity index (χ0) is 15.5. The second-order valence-corrected chi connectivity index (χ2v) is 7.52. The second-order valence-electron chi connectivity index (χ2n) is 5.44. The van der Waals surface area contributed by atoms with Gasteiger partial charge in [0.25, 0.3) is 0 Å². The summed E-state index contributed by atoms with van der Waals surface area (Å²) in [4.78, 5) is 2.37. The maximum absolute atomic E-state index is 12.4. The lowest BCUT2D eigenvalue weighted by molar-refractivity contribution is -0.0422. The van der Waals surface area contributed by atoms with E-state index in [0.717, 1.165) is 0 Å². The second kappa shape index (κ2) is 6.77. The summed E-state index contributed by atoms with van der Waals surface area (Å²) >= 11 is 0. The minimum Gasteiger partial charge on any atom is -0.394 e. The Morgan fingerprint density at radius 1 is 1.33 bits per heavy atom. The molecule has 0 radical (unpaired) electrons. The maximum atomic E-state index is 12.4. The van der Waals surface area contributed by atoms with Crippen molar-refractivity contribution in [2.45, 2.75) is 37.4 Å². The van der Waals surface area contributed by atoms with E-state index in [-0.39, 0.29) is 24.6 Å². The number of rotatable bonds is 5. The molecule has 1 aliphatic heterocycles. The van der Waals surface area contributed by atoms with Gasteiger partial charge in [0.05, 0.1) is 35.2 Å². The van der Waals surface area contributed by atoms with E-state index in [4.69, 9.17) is 4.74 Å². The zero-order valence-corrected chi connectivity index (χ0v) is 13.3. The molecular weight excluding hydrogens is 290 g/mol. The quantitative estimate of drug-likeness (QED) is 0.891. The molecule has 0 aliphatic carbocycles. The van der Waals surface area contributed by atoms with Crippen molar-refractivity contribution >= 4 is 15.5 Å². The van der Waals surface area contributed by atoms with E-state index in [1.54, 1.807) is 12.1 Å². The minimum absolute atomic E-state index is 0.0437. The first-order chi connectivity index (χ1) is 9.97. The van der Waals surface area contributed by atoms with Gasteiger partial charge < -0.3 is 14.7 Å². The topological polar surface area (TPSA) is 66.8 Å². The van der Waals surface area contributed by atoms with E-state index in [0.29, 0.717) is 30.1 Å². The molecule has 1 heterocycles. The summed E-state index contributed by atoms with van der Waals surface area (Å²) in [6, 6.07) is 7.08. The number of para-hydroxylation sites is 1. The Morgan fingerprint density at radius 2 is 2.05 bits per heavy atom. The summed E-state index contributed by atoms with van der Waals surface area (Å²) in [5, 5.41) is 9.32. The highest BCUT2D eigenvalue weighted by Crippen LogP contribution is 2.28. The van der Waals surface area contributed by atoms with Crippen molar-refractivity contribution in [1.29, 1.82) is 0 Å². The van der Waals surface area contributed by atoms with Crippen LogP contribution in [0.1, 0.15) is 20.3 Å². The Labute approximate surface area is 126 Å². The highest BCUT2D eigenvalue weighted by Gasteiger charge is 2.28. The van der Waals surface area contributed by atoms with E-state index >= 15 is 0 Å². The van der Waals surface area contributed by atoms with Crippen LogP contribution >= 0.6 is 0 Å². The van der Waals surface area contributed by atoms with Crippen LogP contribution in [0, 0.1) is 0 Å². The van der Waals surface area contributed by atoms with Crippen LogP contribution < -0.4 is 4.90 Å². The molecule has 0 spiro atoms. The highest BCUT2D eigenvalue weighted by atomic mass is 32.2. The maximum Gasteiger partial charge on any atom is 0.180 e. The molecule has 21 heavy (non-hydrogen) atoms. The van der Waals surface area contributed by atoms with Crippen molar-refractivity contribution in [1.82, 2.24) is 0 Å². The third-order valence-electron chi connectivity index (χ3n) is 3.54. The lowest BCUT2D eigenvalue weighted by Crippen LogP contribution is -2.48. The minimum atomic E-state index is -3.28. The van der Waals surface area contributed by atoms with Gasteiger partial charge in [-0.2, -0.15) is 0 Å². The summed E-state index contributed by atoms with van der Waals surface area (Å²) in [5.74, 6) is 0.146. The van der Waals surface area contributed by atoms with Gasteiger partial charge in [0, 0.05) is 13.1 Å². The smallest absolute Gasteiger partial charge is 0.180 e. The zero-order valence-electron chi connectivity index (χ0n) is 12.5. The number of hydrogen-bond acceptors (Lipinski definition) is 5. The molecule has 0 saturated carbocycles. The van der Waals surface area contributed by atoms with Gasteiger partial charge in [0.1, 0.15) is 0 Å². The molecule has 0 bridgehead atoms. The number of ether oxygens (including phenoxy) is 1. The number of nitrogens with zero attached hydrogens (tertiary/aromatic N) is 1. The molecule has 1 fully saturated rings.